The van der Waals surface area contributed by atoms with Crippen LogP contribution in [0.15, 0.2) is 0 Å². The summed E-state index contributed by atoms with van der Waals surface area (Å²) in [7, 11) is 0. The van der Waals surface area contributed by atoms with Crippen LogP contribution in [0.4, 0.5) is 26.3 Å². The first-order valence-electron chi connectivity index (χ1n) is 5.39. The van der Waals surface area contributed by atoms with Crippen LogP contribution in [0.3, 0.4) is 0 Å². The topological polar surface area (TPSA) is 18.5 Å². The van der Waals surface area contributed by atoms with Crippen molar-refractivity contribution in [3.05, 3.63) is 0 Å². The first kappa shape index (κ1) is 19.8. The number of ether oxygens (including phenoxy) is 2. The lowest BCUT2D eigenvalue weighted by molar-refractivity contribution is -0.273. The van der Waals surface area contributed by atoms with Gasteiger partial charge >= 0.3 is 6.18 Å². The van der Waals surface area contributed by atoms with Crippen molar-refractivity contribution in [3.8, 4) is 0 Å². The first-order chi connectivity index (χ1) is 8.33. The van der Waals surface area contributed by atoms with Crippen molar-refractivity contribution >= 4 is 0 Å². The number of halogens is 6. The van der Waals surface area contributed by atoms with Crippen LogP contribution in [0.25, 0.3) is 0 Å². The summed E-state index contributed by atoms with van der Waals surface area (Å²) >= 11 is 0. The molecule has 0 aromatic carbocycles. The van der Waals surface area contributed by atoms with Gasteiger partial charge in [0, 0.05) is 0 Å². The van der Waals surface area contributed by atoms with Crippen LogP contribution in [0.5, 0.6) is 0 Å². The molecule has 0 aliphatic rings. The molecule has 0 amide bonds. The van der Waals surface area contributed by atoms with E-state index in [4.69, 9.17) is 4.74 Å². The standard InChI is InChI=1S/C7H15FO.C3H3F5O/c1-3-5-7(4-2)9-6-8;4-1-9-2(5)3(6,7)8/h7H,3-6H2,1-2H3;2H,1H2. The van der Waals surface area contributed by atoms with E-state index in [1.54, 1.807) is 0 Å². The summed E-state index contributed by atoms with van der Waals surface area (Å²) in [6.45, 7) is 1.67. The minimum Gasteiger partial charge on any atom is -0.347 e. The Hall–Kier alpha value is -0.500. The molecule has 0 N–H and O–H groups in total. The second-order valence-electron chi connectivity index (χ2n) is 3.23. The fourth-order valence-corrected chi connectivity index (χ4v) is 0.966. The molecule has 2 atom stereocenters. The lowest BCUT2D eigenvalue weighted by Crippen LogP contribution is -2.26. The Morgan fingerprint density at radius 3 is 1.72 bits per heavy atom. The molecule has 112 valence electrons. The van der Waals surface area contributed by atoms with Crippen molar-refractivity contribution in [2.75, 3.05) is 13.7 Å². The van der Waals surface area contributed by atoms with E-state index in [-0.39, 0.29) is 6.10 Å². The second-order valence-corrected chi connectivity index (χ2v) is 3.23. The molecule has 0 aromatic heterocycles. The number of hydrogen-bond acceptors (Lipinski definition) is 2. The van der Waals surface area contributed by atoms with E-state index in [9.17, 15) is 26.3 Å². The monoisotopic (exact) mass is 284 g/mol. The zero-order valence-corrected chi connectivity index (χ0v) is 10.3. The normalized spacial score (nSPS) is 14.7. The summed E-state index contributed by atoms with van der Waals surface area (Å²) in [5.41, 5.74) is 0. The summed E-state index contributed by atoms with van der Waals surface area (Å²) in [5.74, 6) is 0. The maximum Gasteiger partial charge on any atom is 0.445 e. The van der Waals surface area contributed by atoms with Gasteiger partial charge in [-0.3, -0.25) is 0 Å². The fraction of sp³-hybridized carbons (Fsp3) is 1.00. The van der Waals surface area contributed by atoms with Crippen LogP contribution >= 0.6 is 0 Å². The van der Waals surface area contributed by atoms with E-state index in [0.717, 1.165) is 19.3 Å². The molecule has 2 nitrogen and oxygen atoms in total. The molecule has 8 heteroatoms. The molecule has 0 aliphatic heterocycles. The van der Waals surface area contributed by atoms with Gasteiger partial charge in [-0.15, -0.1) is 0 Å². The van der Waals surface area contributed by atoms with Crippen LogP contribution in [0.1, 0.15) is 33.1 Å². The van der Waals surface area contributed by atoms with Gasteiger partial charge in [0.2, 0.25) is 0 Å². The molecule has 0 spiro atoms. The van der Waals surface area contributed by atoms with Gasteiger partial charge in [-0.25, -0.2) is 13.2 Å². The predicted octanol–water partition coefficient (Wildman–Crippen LogP) is 4.30. The van der Waals surface area contributed by atoms with Gasteiger partial charge in [-0.1, -0.05) is 20.3 Å². The van der Waals surface area contributed by atoms with Crippen LogP contribution < -0.4 is 0 Å². The molecule has 0 fully saturated rings. The van der Waals surface area contributed by atoms with Crippen molar-refractivity contribution in [1.29, 1.82) is 0 Å². The van der Waals surface area contributed by atoms with E-state index < -0.39 is 26.3 Å². The third kappa shape index (κ3) is 12.0. The lowest BCUT2D eigenvalue weighted by atomic mass is 10.2. The van der Waals surface area contributed by atoms with E-state index in [1.807, 2.05) is 6.92 Å². The Kier molecular flexibility index (Phi) is 12.8. The van der Waals surface area contributed by atoms with Crippen LogP contribution in [0, 0.1) is 0 Å². The first-order valence-corrected chi connectivity index (χ1v) is 5.39. The van der Waals surface area contributed by atoms with Crippen molar-refractivity contribution in [1.82, 2.24) is 0 Å². The van der Waals surface area contributed by atoms with Crippen LogP contribution in [-0.2, 0) is 9.47 Å². The molecule has 18 heavy (non-hydrogen) atoms. The Morgan fingerprint density at radius 1 is 1.00 bits per heavy atom. The summed E-state index contributed by atoms with van der Waals surface area (Å²) in [5, 5.41) is 0. The Bertz CT molecular complexity index is 170. The molecular weight excluding hydrogens is 266 g/mol. The third-order valence-electron chi connectivity index (χ3n) is 1.83. The predicted molar refractivity (Wildman–Crippen MR) is 54.1 cm³/mol. The van der Waals surface area contributed by atoms with E-state index in [0.29, 0.717) is 0 Å². The van der Waals surface area contributed by atoms with E-state index in [2.05, 4.69) is 11.7 Å². The Labute approximate surface area is 102 Å². The number of rotatable bonds is 7. The molecule has 0 heterocycles. The lowest BCUT2D eigenvalue weighted by Gasteiger charge is -2.10. The van der Waals surface area contributed by atoms with Crippen molar-refractivity contribution in [3.63, 3.8) is 0 Å². The molecule has 2 unspecified atom stereocenters. The van der Waals surface area contributed by atoms with Crippen molar-refractivity contribution in [2.24, 2.45) is 0 Å². The SMILES string of the molecule is CCCC(CC)OCF.FCOC(F)C(F)(F)F. The molecule has 0 radical (unpaired) electrons. The van der Waals surface area contributed by atoms with Gasteiger partial charge in [0.1, 0.15) is 0 Å². The van der Waals surface area contributed by atoms with Gasteiger partial charge < -0.3 is 9.47 Å². The van der Waals surface area contributed by atoms with Gasteiger partial charge in [0.15, 0.2) is 13.7 Å². The van der Waals surface area contributed by atoms with E-state index >= 15 is 0 Å². The van der Waals surface area contributed by atoms with Gasteiger partial charge in [-0.05, 0) is 12.8 Å². The van der Waals surface area contributed by atoms with E-state index in [1.165, 1.54) is 0 Å². The molecule has 0 saturated carbocycles. The van der Waals surface area contributed by atoms with Gasteiger partial charge in [0.25, 0.3) is 6.36 Å². The molecule has 0 rings (SSSR count). The Balaban J connectivity index is 0. The Morgan fingerprint density at radius 2 is 1.50 bits per heavy atom. The third-order valence-corrected chi connectivity index (χ3v) is 1.83. The molecule has 0 aliphatic carbocycles. The maximum atomic E-state index is 11.5. The van der Waals surface area contributed by atoms with Crippen molar-refractivity contribution in [2.45, 2.75) is 51.7 Å². The molecule has 0 bridgehead atoms. The number of hydrogen-bond donors (Lipinski definition) is 0. The summed E-state index contributed by atoms with van der Waals surface area (Å²) < 4.78 is 74.3. The zero-order chi connectivity index (χ0) is 14.6. The summed E-state index contributed by atoms with van der Waals surface area (Å²) in [6.07, 6.45) is -5.54. The quantitative estimate of drug-likeness (QED) is 0.649. The minimum atomic E-state index is -5.12. The summed E-state index contributed by atoms with van der Waals surface area (Å²) in [4.78, 5) is 0. The highest BCUT2D eigenvalue weighted by Crippen LogP contribution is 2.23. The highest BCUT2D eigenvalue weighted by molar-refractivity contribution is 4.52. The molecule has 0 saturated heterocycles. The molecule has 0 aromatic rings. The van der Waals surface area contributed by atoms with Crippen LogP contribution in [0.2, 0.25) is 0 Å². The highest BCUT2D eigenvalue weighted by Gasteiger charge is 2.41. The smallest absolute Gasteiger partial charge is 0.347 e. The highest BCUT2D eigenvalue weighted by atomic mass is 19.4. The maximum absolute atomic E-state index is 11.5. The summed E-state index contributed by atoms with van der Waals surface area (Å²) in [6, 6.07) is 0. The fourth-order valence-electron chi connectivity index (χ4n) is 0.966. The molecular formula is C10H18F6O2. The number of alkyl halides is 6. The average molecular weight is 284 g/mol. The van der Waals surface area contributed by atoms with Crippen molar-refractivity contribution < 1.29 is 35.8 Å². The second kappa shape index (κ2) is 11.6. The zero-order valence-electron chi connectivity index (χ0n) is 10.3. The largest absolute Gasteiger partial charge is 0.445 e. The van der Waals surface area contributed by atoms with Gasteiger partial charge in [-0.2, -0.15) is 13.2 Å². The minimum absolute atomic E-state index is 0.139. The van der Waals surface area contributed by atoms with Crippen LogP contribution in [-0.4, -0.2) is 32.4 Å². The average Bonchev–Trinajstić information content (AvgIpc) is 2.28. The van der Waals surface area contributed by atoms with Gasteiger partial charge in [0.05, 0.1) is 6.10 Å².